The number of likely N-dealkylation sites (N-methyl/N-ethyl adjacent to an activating group) is 1. The number of benzene rings is 1. The third-order valence-corrected chi connectivity index (χ3v) is 4.56. The van der Waals surface area contributed by atoms with Crippen LogP contribution in [0.25, 0.3) is 16.9 Å². The van der Waals surface area contributed by atoms with Crippen molar-refractivity contribution in [1.29, 1.82) is 0 Å². The van der Waals surface area contributed by atoms with Gasteiger partial charge in [0.1, 0.15) is 5.65 Å². The summed E-state index contributed by atoms with van der Waals surface area (Å²) >= 11 is 0. The lowest BCUT2D eigenvalue weighted by Gasteiger charge is -2.11. The second-order valence-corrected chi connectivity index (χ2v) is 7.46. The number of aliphatic carboxylic acids is 2. The maximum Gasteiger partial charge on any atom is 0.303 e. The Kier molecular flexibility index (Phi) is 7.90. The Morgan fingerprint density at radius 1 is 0.903 bits per heavy atom. The van der Waals surface area contributed by atoms with Gasteiger partial charge in [0.05, 0.1) is 30.7 Å². The number of hydrogen-bond donors (Lipinski definition) is 2. The van der Waals surface area contributed by atoms with Crippen LogP contribution < -0.4 is 0 Å². The summed E-state index contributed by atoms with van der Waals surface area (Å²) in [6.45, 7) is 4.11. The largest absolute Gasteiger partial charge is 0.481 e. The summed E-state index contributed by atoms with van der Waals surface area (Å²) in [5, 5.41) is 15.8. The van der Waals surface area contributed by atoms with Crippen LogP contribution in [0, 0.1) is 13.8 Å². The number of carbonyl (C=O) groups is 3. The van der Waals surface area contributed by atoms with Crippen LogP contribution in [0.1, 0.15) is 29.7 Å². The highest BCUT2D eigenvalue weighted by molar-refractivity contribution is 5.81. The van der Waals surface area contributed by atoms with Gasteiger partial charge in [-0.25, -0.2) is 4.98 Å². The second-order valence-electron chi connectivity index (χ2n) is 7.46. The van der Waals surface area contributed by atoms with Crippen LogP contribution in [0.3, 0.4) is 0 Å². The predicted octanol–water partition coefficient (Wildman–Crippen LogP) is 3.18. The number of carboxylic acids is 2. The number of nitrogens with zero attached hydrogens (tertiary/aromatic N) is 3. The number of carbonyl (C=O) groups excluding carboxylic acids is 1. The Labute approximate surface area is 180 Å². The molecule has 0 aliphatic carbocycles. The molecule has 3 rings (SSSR count). The maximum absolute atomic E-state index is 12.3. The van der Waals surface area contributed by atoms with E-state index < -0.39 is 11.9 Å². The molecule has 0 unspecified atom stereocenters. The summed E-state index contributed by atoms with van der Waals surface area (Å²) in [7, 11) is 3.56. The van der Waals surface area contributed by atoms with Crippen LogP contribution in [-0.4, -0.2) is 56.4 Å². The summed E-state index contributed by atoms with van der Waals surface area (Å²) in [5.41, 5.74) is 6.08. The molecule has 0 atom stereocenters. The fourth-order valence-corrected chi connectivity index (χ4v) is 2.83. The van der Waals surface area contributed by atoms with Gasteiger partial charge in [-0.3, -0.25) is 14.4 Å². The van der Waals surface area contributed by atoms with E-state index >= 15 is 0 Å². The monoisotopic (exact) mass is 425 g/mol. The highest BCUT2D eigenvalue weighted by Gasteiger charge is 2.18. The van der Waals surface area contributed by atoms with Gasteiger partial charge < -0.3 is 19.5 Å². The smallest absolute Gasteiger partial charge is 0.303 e. The molecule has 31 heavy (non-hydrogen) atoms. The third kappa shape index (κ3) is 6.67. The zero-order valence-electron chi connectivity index (χ0n) is 18.1. The highest BCUT2D eigenvalue weighted by Crippen LogP contribution is 2.26. The lowest BCUT2D eigenvalue weighted by Crippen LogP contribution is -2.24. The number of fused-ring (bicyclic) bond motifs is 1. The van der Waals surface area contributed by atoms with Crippen LogP contribution in [0.5, 0.6) is 0 Å². The van der Waals surface area contributed by atoms with Gasteiger partial charge in [-0.1, -0.05) is 35.9 Å². The van der Waals surface area contributed by atoms with Crippen molar-refractivity contribution in [3.05, 3.63) is 59.4 Å². The van der Waals surface area contributed by atoms with Crippen LogP contribution in [0.15, 0.2) is 42.6 Å². The lowest BCUT2D eigenvalue weighted by atomic mass is 10.1. The average molecular weight is 425 g/mol. The second kappa shape index (κ2) is 10.4. The van der Waals surface area contributed by atoms with E-state index in [1.807, 2.05) is 29.7 Å². The number of imidazole rings is 1. The SMILES string of the molecule is Cc1ccc(-c2nc3ccc(C)cn3c2CC(=O)N(C)C)cc1.O=C(O)CCC(=O)O. The molecule has 8 heteroatoms. The molecule has 0 aliphatic rings. The number of amides is 1. The first kappa shape index (κ1) is 23.6. The van der Waals surface area contributed by atoms with Gasteiger partial charge in [-0.05, 0) is 25.5 Å². The summed E-state index contributed by atoms with van der Waals surface area (Å²) in [4.78, 5) is 37.9. The number of rotatable bonds is 6. The van der Waals surface area contributed by atoms with Crippen molar-refractivity contribution >= 4 is 23.5 Å². The molecule has 0 spiro atoms. The summed E-state index contributed by atoms with van der Waals surface area (Å²) in [5.74, 6) is -2.08. The third-order valence-electron chi connectivity index (χ3n) is 4.56. The molecular weight excluding hydrogens is 398 g/mol. The summed E-state index contributed by atoms with van der Waals surface area (Å²) < 4.78 is 2.03. The molecule has 0 saturated heterocycles. The van der Waals surface area contributed by atoms with Crippen molar-refractivity contribution in [2.75, 3.05) is 14.1 Å². The van der Waals surface area contributed by atoms with E-state index in [1.165, 1.54) is 5.56 Å². The molecule has 0 bridgehead atoms. The first-order chi connectivity index (χ1) is 14.6. The highest BCUT2D eigenvalue weighted by atomic mass is 16.4. The number of carboxylic acid groups (broad SMARTS) is 2. The van der Waals surface area contributed by atoms with Crippen LogP contribution in [0.2, 0.25) is 0 Å². The van der Waals surface area contributed by atoms with Crippen molar-refractivity contribution in [3.63, 3.8) is 0 Å². The molecular formula is C23H27N3O5. The van der Waals surface area contributed by atoms with Gasteiger partial charge in [0.15, 0.2) is 0 Å². The van der Waals surface area contributed by atoms with Gasteiger partial charge in [0, 0.05) is 25.9 Å². The van der Waals surface area contributed by atoms with Crippen molar-refractivity contribution in [2.45, 2.75) is 33.1 Å². The first-order valence-electron chi connectivity index (χ1n) is 9.77. The van der Waals surface area contributed by atoms with Gasteiger partial charge >= 0.3 is 11.9 Å². The van der Waals surface area contributed by atoms with Gasteiger partial charge in [0.2, 0.25) is 5.91 Å². The minimum Gasteiger partial charge on any atom is -0.481 e. The van der Waals surface area contributed by atoms with E-state index in [4.69, 9.17) is 15.2 Å². The average Bonchev–Trinajstić information content (AvgIpc) is 3.05. The van der Waals surface area contributed by atoms with Crippen LogP contribution >= 0.6 is 0 Å². The lowest BCUT2D eigenvalue weighted by molar-refractivity contribution is -0.143. The minimum absolute atomic E-state index is 0.0710. The van der Waals surface area contributed by atoms with E-state index in [2.05, 4.69) is 31.2 Å². The van der Waals surface area contributed by atoms with E-state index in [0.29, 0.717) is 6.42 Å². The van der Waals surface area contributed by atoms with Crippen LogP contribution in [-0.2, 0) is 20.8 Å². The molecule has 3 aromatic rings. The molecule has 2 N–H and O–H groups in total. The number of aromatic nitrogens is 2. The number of aryl methyl sites for hydroxylation is 2. The molecule has 0 saturated carbocycles. The van der Waals surface area contributed by atoms with Crippen molar-refractivity contribution in [3.8, 4) is 11.3 Å². The predicted molar refractivity (Wildman–Crippen MR) is 117 cm³/mol. The molecule has 0 radical (unpaired) electrons. The molecule has 1 amide bonds. The Morgan fingerprint density at radius 3 is 1.97 bits per heavy atom. The zero-order valence-corrected chi connectivity index (χ0v) is 18.1. The van der Waals surface area contributed by atoms with E-state index in [-0.39, 0.29) is 18.7 Å². The Morgan fingerprint density at radius 2 is 1.45 bits per heavy atom. The minimum atomic E-state index is -1.08. The zero-order chi connectivity index (χ0) is 23.1. The standard InChI is InChI=1S/C19H21N3O.C4H6O4/c1-13-5-8-15(9-6-13)19-16(11-18(23)21(3)4)22-12-14(2)7-10-17(22)20-19;5-3(6)1-2-4(7)8/h5-10,12H,11H2,1-4H3;1-2H2,(H,5,6)(H,7,8). The fraction of sp³-hybridized carbons (Fsp3) is 0.304. The maximum atomic E-state index is 12.3. The molecule has 0 fully saturated rings. The van der Waals surface area contributed by atoms with Crippen molar-refractivity contribution in [1.82, 2.24) is 14.3 Å². The molecule has 2 aromatic heterocycles. The molecule has 1 aromatic carbocycles. The number of pyridine rings is 1. The normalized spacial score (nSPS) is 10.3. The quantitative estimate of drug-likeness (QED) is 0.627. The van der Waals surface area contributed by atoms with Crippen molar-refractivity contribution in [2.24, 2.45) is 0 Å². The molecule has 164 valence electrons. The van der Waals surface area contributed by atoms with E-state index in [9.17, 15) is 14.4 Å². The Bertz CT molecular complexity index is 1070. The fourth-order valence-electron chi connectivity index (χ4n) is 2.83. The Hall–Kier alpha value is -3.68. The topological polar surface area (TPSA) is 112 Å². The van der Waals surface area contributed by atoms with Gasteiger partial charge in [0.25, 0.3) is 0 Å². The van der Waals surface area contributed by atoms with Gasteiger partial charge in [-0.15, -0.1) is 0 Å². The molecule has 2 heterocycles. The van der Waals surface area contributed by atoms with Crippen molar-refractivity contribution < 1.29 is 24.6 Å². The summed E-state index contributed by atoms with van der Waals surface area (Å²) in [6, 6.07) is 12.3. The molecule has 8 nitrogen and oxygen atoms in total. The Balaban J connectivity index is 0.000000366. The van der Waals surface area contributed by atoms with Crippen LogP contribution in [0.4, 0.5) is 0 Å². The van der Waals surface area contributed by atoms with E-state index in [1.54, 1.807) is 19.0 Å². The molecule has 0 aliphatic heterocycles. The van der Waals surface area contributed by atoms with Gasteiger partial charge in [-0.2, -0.15) is 0 Å². The van der Waals surface area contributed by atoms with E-state index in [0.717, 1.165) is 28.2 Å². The number of hydrogen-bond acceptors (Lipinski definition) is 4. The summed E-state index contributed by atoms with van der Waals surface area (Å²) in [6.07, 6.45) is 1.78. The first-order valence-corrected chi connectivity index (χ1v) is 9.77.